The maximum Gasteiger partial charge on any atom is 0.165 e. The Hall–Kier alpha value is -2.17. The van der Waals surface area contributed by atoms with E-state index in [2.05, 4.69) is 5.10 Å². The molecule has 2 aromatic rings. The normalized spacial score (nSPS) is 10.7. The molecule has 94 valence electrons. The van der Waals surface area contributed by atoms with E-state index in [1.165, 1.54) is 12.1 Å². The first-order valence-corrected chi connectivity index (χ1v) is 5.56. The minimum absolute atomic E-state index is 0.223. The summed E-state index contributed by atoms with van der Waals surface area (Å²) in [6.45, 7) is 3.98. The summed E-state index contributed by atoms with van der Waals surface area (Å²) in [6, 6.07) is 4.07. The molecule has 0 aliphatic heterocycles. The molecule has 0 atom stereocenters. The minimum atomic E-state index is -0.508. The van der Waals surface area contributed by atoms with Crippen LogP contribution in [-0.2, 0) is 0 Å². The lowest BCUT2D eigenvalue weighted by molar-refractivity contribution is 0.112. The third kappa shape index (κ3) is 2.74. The largest absolute Gasteiger partial charge is 0.454 e. The first-order valence-electron chi connectivity index (χ1n) is 5.56. The van der Waals surface area contributed by atoms with Gasteiger partial charge in [-0.1, -0.05) is 0 Å². The van der Waals surface area contributed by atoms with Crippen molar-refractivity contribution >= 4 is 6.29 Å². The van der Waals surface area contributed by atoms with Gasteiger partial charge in [0.25, 0.3) is 0 Å². The van der Waals surface area contributed by atoms with Gasteiger partial charge in [-0.2, -0.15) is 5.10 Å². The molecule has 0 saturated carbocycles. The Labute approximate surface area is 104 Å². The molecule has 0 aliphatic carbocycles. The van der Waals surface area contributed by atoms with Crippen LogP contribution in [0.3, 0.4) is 0 Å². The molecule has 1 aromatic carbocycles. The fourth-order valence-corrected chi connectivity index (χ4v) is 1.50. The second-order valence-electron chi connectivity index (χ2n) is 4.19. The van der Waals surface area contributed by atoms with Gasteiger partial charge in [-0.3, -0.25) is 9.48 Å². The molecule has 0 spiro atoms. The van der Waals surface area contributed by atoms with Crippen molar-refractivity contribution in [2.45, 2.75) is 19.9 Å². The Kier molecular flexibility index (Phi) is 3.41. The van der Waals surface area contributed by atoms with Crippen LogP contribution < -0.4 is 4.74 Å². The zero-order chi connectivity index (χ0) is 13.1. The molecule has 0 fully saturated rings. The number of halogens is 1. The first-order chi connectivity index (χ1) is 8.58. The fraction of sp³-hybridized carbons (Fsp3) is 0.231. The van der Waals surface area contributed by atoms with Gasteiger partial charge in [-0.15, -0.1) is 0 Å². The van der Waals surface area contributed by atoms with Crippen LogP contribution in [0.25, 0.3) is 0 Å². The smallest absolute Gasteiger partial charge is 0.165 e. The van der Waals surface area contributed by atoms with Gasteiger partial charge in [0.15, 0.2) is 5.75 Å². The summed E-state index contributed by atoms with van der Waals surface area (Å²) in [4.78, 5) is 10.6. The number of aldehydes is 1. The Balaban J connectivity index is 2.22. The van der Waals surface area contributed by atoms with E-state index in [1.807, 2.05) is 13.8 Å². The van der Waals surface area contributed by atoms with Crippen LogP contribution in [0.2, 0.25) is 0 Å². The van der Waals surface area contributed by atoms with E-state index in [1.54, 1.807) is 17.1 Å². The summed E-state index contributed by atoms with van der Waals surface area (Å²) in [6.07, 6.45) is 3.84. The first kappa shape index (κ1) is 12.3. The van der Waals surface area contributed by atoms with Crippen molar-refractivity contribution in [1.82, 2.24) is 9.78 Å². The fourth-order valence-electron chi connectivity index (χ4n) is 1.50. The van der Waals surface area contributed by atoms with Crippen LogP contribution in [0.1, 0.15) is 30.2 Å². The average Bonchev–Trinajstić information content (AvgIpc) is 2.76. The molecule has 0 amide bonds. The molecule has 0 aliphatic rings. The number of rotatable bonds is 4. The number of benzene rings is 1. The molecule has 5 heteroatoms. The van der Waals surface area contributed by atoms with Gasteiger partial charge < -0.3 is 4.74 Å². The number of hydrogen-bond donors (Lipinski definition) is 0. The average molecular weight is 248 g/mol. The van der Waals surface area contributed by atoms with Gasteiger partial charge in [-0.25, -0.2) is 4.39 Å². The molecule has 0 N–H and O–H groups in total. The van der Waals surface area contributed by atoms with Crippen LogP contribution in [0, 0.1) is 5.82 Å². The monoisotopic (exact) mass is 248 g/mol. The summed E-state index contributed by atoms with van der Waals surface area (Å²) in [5.41, 5.74) is 0.237. The summed E-state index contributed by atoms with van der Waals surface area (Å²) >= 11 is 0. The van der Waals surface area contributed by atoms with E-state index in [0.29, 0.717) is 12.0 Å². The number of ether oxygens (including phenoxy) is 1. The second kappa shape index (κ2) is 5.00. The number of nitrogens with zero attached hydrogens (tertiary/aromatic N) is 2. The molecule has 0 bridgehead atoms. The van der Waals surface area contributed by atoms with Crippen molar-refractivity contribution in [3.8, 4) is 11.5 Å². The van der Waals surface area contributed by atoms with Crippen molar-refractivity contribution < 1.29 is 13.9 Å². The van der Waals surface area contributed by atoms with E-state index >= 15 is 0 Å². The van der Waals surface area contributed by atoms with Crippen molar-refractivity contribution in [1.29, 1.82) is 0 Å². The van der Waals surface area contributed by atoms with E-state index in [4.69, 9.17) is 4.74 Å². The van der Waals surface area contributed by atoms with Gasteiger partial charge in [0, 0.05) is 17.7 Å². The highest BCUT2D eigenvalue weighted by Crippen LogP contribution is 2.23. The second-order valence-corrected chi connectivity index (χ2v) is 4.19. The summed E-state index contributed by atoms with van der Waals surface area (Å²) < 4.78 is 20.4. The van der Waals surface area contributed by atoms with Crippen LogP contribution in [0.4, 0.5) is 4.39 Å². The maximum atomic E-state index is 13.2. The van der Waals surface area contributed by atoms with Crippen molar-refractivity contribution in [2.75, 3.05) is 0 Å². The lowest BCUT2D eigenvalue weighted by atomic mass is 10.2. The van der Waals surface area contributed by atoms with Crippen LogP contribution >= 0.6 is 0 Å². The lowest BCUT2D eigenvalue weighted by Crippen LogP contribution is -1.99. The standard InChI is InChI=1S/C13H13FN2O2/c1-9(2)16-7-13(6-15-16)18-12-4-10(8-17)3-11(14)5-12/h3-9H,1-2H3. The third-order valence-electron chi connectivity index (χ3n) is 2.37. The number of hydrogen-bond acceptors (Lipinski definition) is 3. The summed E-state index contributed by atoms with van der Waals surface area (Å²) in [5.74, 6) is 0.275. The van der Waals surface area contributed by atoms with E-state index < -0.39 is 5.82 Å². The van der Waals surface area contributed by atoms with Gasteiger partial charge in [-0.05, 0) is 26.0 Å². The Morgan fingerprint density at radius 2 is 2.11 bits per heavy atom. The highest BCUT2D eigenvalue weighted by molar-refractivity contribution is 5.75. The molecule has 0 saturated heterocycles. The van der Waals surface area contributed by atoms with E-state index in [0.717, 1.165) is 6.07 Å². The Bertz CT molecular complexity index is 564. The molecule has 0 unspecified atom stereocenters. The predicted octanol–water partition coefficient (Wildman–Crippen LogP) is 3.21. The van der Waals surface area contributed by atoms with Crippen molar-refractivity contribution in [2.24, 2.45) is 0 Å². The molecule has 4 nitrogen and oxygen atoms in total. The Morgan fingerprint density at radius 3 is 2.72 bits per heavy atom. The van der Waals surface area contributed by atoms with E-state index in [-0.39, 0.29) is 17.4 Å². The number of aromatic nitrogens is 2. The number of carbonyl (C=O) groups is 1. The molecule has 1 aromatic heterocycles. The molecule has 2 rings (SSSR count). The minimum Gasteiger partial charge on any atom is -0.454 e. The van der Waals surface area contributed by atoms with Crippen molar-refractivity contribution in [3.05, 3.63) is 42.0 Å². The Morgan fingerprint density at radius 1 is 1.33 bits per heavy atom. The molecule has 1 heterocycles. The topological polar surface area (TPSA) is 44.1 Å². The lowest BCUT2D eigenvalue weighted by Gasteiger charge is -2.05. The molecule has 0 radical (unpaired) electrons. The quantitative estimate of drug-likeness (QED) is 0.780. The highest BCUT2D eigenvalue weighted by Gasteiger charge is 2.06. The SMILES string of the molecule is CC(C)n1cc(Oc2cc(F)cc(C=O)c2)cn1. The van der Waals surface area contributed by atoms with Crippen LogP contribution in [0.15, 0.2) is 30.6 Å². The van der Waals surface area contributed by atoms with Crippen molar-refractivity contribution in [3.63, 3.8) is 0 Å². The predicted molar refractivity (Wildman–Crippen MR) is 64.5 cm³/mol. The van der Waals surface area contributed by atoms with Crippen LogP contribution in [-0.4, -0.2) is 16.1 Å². The zero-order valence-electron chi connectivity index (χ0n) is 10.1. The van der Waals surface area contributed by atoms with Gasteiger partial charge in [0.05, 0.1) is 12.4 Å². The number of carbonyl (C=O) groups excluding carboxylic acids is 1. The van der Waals surface area contributed by atoms with E-state index in [9.17, 15) is 9.18 Å². The zero-order valence-corrected chi connectivity index (χ0v) is 10.1. The molecular weight excluding hydrogens is 235 g/mol. The van der Waals surface area contributed by atoms with Gasteiger partial charge in [0.2, 0.25) is 0 Å². The summed E-state index contributed by atoms with van der Waals surface area (Å²) in [5, 5.41) is 4.11. The summed E-state index contributed by atoms with van der Waals surface area (Å²) in [7, 11) is 0. The third-order valence-corrected chi connectivity index (χ3v) is 2.37. The van der Waals surface area contributed by atoms with Crippen LogP contribution in [0.5, 0.6) is 11.5 Å². The highest BCUT2D eigenvalue weighted by atomic mass is 19.1. The maximum absolute atomic E-state index is 13.2. The van der Waals surface area contributed by atoms with Gasteiger partial charge in [0.1, 0.15) is 17.9 Å². The van der Waals surface area contributed by atoms with Gasteiger partial charge >= 0.3 is 0 Å². The molecule has 18 heavy (non-hydrogen) atoms. The molecular formula is C13H13FN2O2.